The van der Waals surface area contributed by atoms with Crippen molar-refractivity contribution in [3.63, 3.8) is 0 Å². The molecule has 0 unspecified atom stereocenters. The van der Waals surface area contributed by atoms with Gasteiger partial charge in [0.05, 0.1) is 31.8 Å². The van der Waals surface area contributed by atoms with Crippen molar-refractivity contribution in [2.45, 2.75) is 135 Å². The Morgan fingerprint density at radius 2 is 1.35 bits per heavy atom. The predicted octanol–water partition coefficient (Wildman–Crippen LogP) is 7.47. The van der Waals surface area contributed by atoms with Gasteiger partial charge >= 0.3 is 11.9 Å². The number of aryl methyl sites for hydroxylation is 1. The molecule has 0 aliphatic carbocycles. The number of carbonyl (C=O) groups excluding carboxylic acids is 9. The SMILES string of the molecule is COc1ccc(CC[C@H]2OC(=O)[C@@H]3CCCCN3C(=O)C(=O)C(C)(C)COC(=O)/C=C\CCN(C)C(=O)[C@H](Cc3ccc(F)cc3)NC(=O)[C@H](COC(C)(C)C)N(C)C(=O)[C@H](Cc3ccc4ccccc4c3)NC(=O)[C@H](C)N(C)C(=O)COc3cccc2c3)cc1OC. The van der Waals surface area contributed by atoms with Crippen molar-refractivity contribution in [3.8, 4) is 17.2 Å². The summed E-state index contributed by atoms with van der Waals surface area (Å²) < 4.78 is 49.3. The second-order valence-electron chi connectivity index (χ2n) is 25.2. The molecule has 93 heavy (non-hydrogen) atoms. The van der Waals surface area contributed by atoms with Crippen molar-refractivity contribution in [1.82, 2.24) is 30.2 Å². The first-order chi connectivity index (χ1) is 44.2. The first-order valence-corrected chi connectivity index (χ1v) is 31.2. The second-order valence-corrected chi connectivity index (χ2v) is 25.2. The normalized spacial score (nSPS) is 22.2. The number of piperidine rings is 1. The van der Waals surface area contributed by atoms with Crippen molar-refractivity contribution in [2.75, 3.05) is 68.3 Å². The minimum absolute atomic E-state index is 0.0265. The van der Waals surface area contributed by atoms with E-state index < -0.39 is 120 Å². The van der Waals surface area contributed by atoms with Crippen LogP contribution in [0.2, 0.25) is 0 Å². The first-order valence-electron chi connectivity index (χ1n) is 31.2. The van der Waals surface area contributed by atoms with Gasteiger partial charge in [0.25, 0.3) is 11.8 Å². The maximum atomic E-state index is 15.2. The molecular weight excluding hydrogens is 1200 g/mol. The van der Waals surface area contributed by atoms with E-state index in [0.717, 1.165) is 27.3 Å². The maximum Gasteiger partial charge on any atom is 0.330 e. The van der Waals surface area contributed by atoms with Gasteiger partial charge in [0.2, 0.25) is 29.4 Å². The van der Waals surface area contributed by atoms with Crippen molar-refractivity contribution in [1.29, 1.82) is 0 Å². The van der Waals surface area contributed by atoms with E-state index in [0.29, 0.717) is 47.5 Å². The lowest BCUT2D eigenvalue weighted by molar-refractivity contribution is -0.165. The van der Waals surface area contributed by atoms with Crippen LogP contribution >= 0.6 is 0 Å². The van der Waals surface area contributed by atoms with Crippen LogP contribution in [-0.2, 0) is 76.6 Å². The van der Waals surface area contributed by atoms with E-state index in [-0.39, 0.29) is 57.6 Å². The molecule has 2 aliphatic heterocycles. The van der Waals surface area contributed by atoms with Gasteiger partial charge in [-0.25, -0.2) is 14.0 Å². The number of ketones is 1. The minimum Gasteiger partial charge on any atom is -0.493 e. The molecule has 0 radical (unpaired) electrons. The maximum absolute atomic E-state index is 15.2. The second kappa shape index (κ2) is 32.4. The number of amides is 6. The smallest absolute Gasteiger partial charge is 0.330 e. The summed E-state index contributed by atoms with van der Waals surface area (Å²) in [5.74, 6) is -6.11. The zero-order chi connectivity index (χ0) is 67.7. The summed E-state index contributed by atoms with van der Waals surface area (Å²) in [6.07, 6.45) is 3.44. The van der Waals surface area contributed by atoms with Gasteiger partial charge in [0.1, 0.15) is 54.5 Å². The summed E-state index contributed by atoms with van der Waals surface area (Å²) >= 11 is 0. The number of cyclic esters (lactones) is 2. The Hall–Kier alpha value is -9.18. The third-order valence-corrected chi connectivity index (χ3v) is 16.7. The predicted molar refractivity (Wildman–Crippen MR) is 345 cm³/mol. The number of hydrogen-bond donors (Lipinski definition) is 2. The highest BCUT2D eigenvalue weighted by molar-refractivity contribution is 6.38. The highest BCUT2D eigenvalue weighted by Gasteiger charge is 2.43. The molecule has 1 fully saturated rings. The quantitative estimate of drug-likeness (QED) is 0.0962. The number of nitrogens with zero attached hydrogens (tertiary/aromatic N) is 4. The molecule has 2 bridgehead atoms. The third-order valence-electron chi connectivity index (χ3n) is 16.7. The van der Waals surface area contributed by atoms with Crippen LogP contribution in [0.3, 0.4) is 0 Å². The lowest BCUT2D eigenvalue weighted by Gasteiger charge is -2.36. The number of likely N-dealkylation sites (N-methyl/N-ethyl adjacent to an activating group) is 3. The molecule has 0 spiro atoms. The number of benzene rings is 5. The number of hydrogen-bond acceptors (Lipinski definition) is 15. The van der Waals surface area contributed by atoms with Crippen LogP contribution in [-0.4, -0.2) is 177 Å². The highest BCUT2D eigenvalue weighted by atomic mass is 19.1. The van der Waals surface area contributed by atoms with E-state index >= 15 is 4.79 Å². The van der Waals surface area contributed by atoms with Crippen LogP contribution in [0.25, 0.3) is 10.8 Å². The van der Waals surface area contributed by atoms with Crippen molar-refractivity contribution >= 4 is 63.9 Å². The molecule has 2 aliphatic rings. The summed E-state index contributed by atoms with van der Waals surface area (Å²) in [4.78, 5) is 134. The van der Waals surface area contributed by atoms with E-state index in [4.69, 9.17) is 28.4 Å². The van der Waals surface area contributed by atoms with Crippen molar-refractivity contribution < 1.29 is 76.0 Å². The Morgan fingerprint density at radius 1 is 0.688 bits per heavy atom. The van der Waals surface area contributed by atoms with Crippen LogP contribution in [0, 0.1) is 11.2 Å². The average molecular weight is 1280 g/mol. The van der Waals surface area contributed by atoms with Gasteiger partial charge < -0.3 is 58.7 Å². The first kappa shape index (κ1) is 71.3. The molecule has 498 valence electrons. The molecule has 21 nitrogen and oxygen atoms in total. The van der Waals surface area contributed by atoms with E-state index in [1.807, 2.05) is 54.6 Å². The Balaban J connectivity index is 1.23. The molecule has 7 rings (SSSR count). The van der Waals surface area contributed by atoms with Crippen LogP contribution in [0.15, 0.2) is 121 Å². The lowest BCUT2D eigenvalue weighted by atomic mass is 9.87. The molecule has 5 aromatic rings. The number of Topliss-reactive ketones (excluding diaryl/α,β-unsaturated/α-hetero) is 1. The Labute approximate surface area is 543 Å². The highest BCUT2D eigenvalue weighted by Crippen LogP contribution is 2.33. The Morgan fingerprint density at radius 3 is 2.06 bits per heavy atom. The topological polar surface area (TPSA) is 246 Å². The monoisotopic (exact) mass is 1280 g/mol. The molecule has 0 saturated carbocycles. The summed E-state index contributed by atoms with van der Waals surface area (Å²) in [6.45, 7) is 8.42. The average Bonchev–Trinajstić information content (AvgIpc) is 0.851. The van der Waals surface area contributed by atoms with Gasteiger partial charge in [-0.15, -0.1) is 0 Å². The fraction of sp³-hybridized carbons (Fsp3) is 0.451. The van der Waals surface area contributed by atoms with Gasteiger partial charge in [-0.1, -0.05) is 78.9 Å². The molecule has 6 amide bonds. The number of methoxy groups -OCH3 is 2. The van der Waals surface area contributed by atoms with Crippen LogP contribution < -0.4 is 24.8 Å². The van der Waals surface area contributed by atoms with Crippen LogP contribution in [0.5, 0.6) is 17.2 Å². The third kappa shape index (κ3) is 19.7. The number of ether oxygens (including phenoxy) is 6. The molecule has 2 N–H and O–H groups in total. The summed E-state index contributed by atoms with van der Waals surface area (Å²) in [6, 6.07) is 24.3. The summed E-state index contributed by atoms with van der Waals surface area (Å²) in [5.41, 5.74) is 0.101. The number of carbonyl (C=O) groups is 9. The molecule has 6 atom stereocenters. The molecular formula is C71H87FN6O15. The van der Waals surface area contributed by atoms with Crippen molar-refractivity contribution in [3.05, 3.63) is 149 Å². The standard InChI is InChI=1S/C71H87FN6O15/c1-45-64(82)73-55(39-48-25-30-49-19-12-13-20-50(49)37-48)67(85)77(9)57(42-92-70(2,3)4)65(83)74-54(38-46-26-31-52(72)32-27-46)66(84)75(7)35-16-15-24-62(80)91-44-71(5,6)63(81)68(86)78-36-17-14-23-56(78)69(87)93-58(33-28-47-29-34-59(88-10)60(40-47)89-11)51-21-18-22-53(41-51)90-43-61(79)76(45)8/h12-13,15,18-22,24-27,29-32,34,37,40-41,45,54-58H,14,16-17,23,28,33,35-36,38-39,42-44H2,1-11H3,(H,73,82)(H,74,83)/b24-15-/t45-,54-,55-,56-,57-,58+/m0/s1. The molecule has 22 heteroatoms. The number of esters is 2. The zero-order valence-corrected chi connectivity index (χ0v) is 55.0. The van der Waals surface area contributed by atoms with E-state index in [1.54, 1.807) is 51.1 Å². The minimum atomic E-state index is -1.54. The molecule has 0 aromatic heterocycles. The van der Waals surface area contributed by atoms with Gasteiger partial charge in [-0.05, 0) is 149 Å². The molecule has 2 heterocycles. The van der Waals surface area contributed by atoms with Gasteiger partial charge in [0, 0.05) is 53.2 Å². The fourth-order valence-electron chi connectivity index (χ4n) is 10.8. The zero-order valence-electron chi connectivity index (χ0n) is 55.0. The summed E-state index contributed by atoms with van der Waals surface area (Å²) in [7, 11) is 7.35. The van der Waals surface area contributed by atoms with E-state index in [1.165, 1.54) is 101 Å². The number of fused-ring (bicyclic) bond motifs is 4. The lowest BCUT2D eigenvalue weighted by Crippen LogP contribution is -2.60. The Kier molecular flexibility index (Phi) is 24.8. The van der Waals surface area contributed by atoms with Crippen LogP contribution in [0.4, 0.5) is 4.39 Å². The van der Waals surface area contributed by atoms with Crippen molar-refractivity contribution in [2.24, 2.45) is 5.41 Å². The fourth-order valence-corrected chi connectivity index (χ4v) is 10.8. The van der Waals surface area contributed by atoms with E-state index in [9.17, 15) is 42.7 Å². The van der Waals surface area contributed by atoms with E-state index in [2.05, 4.69) is 10.6 Å². The summed E-state index contributed by atoms with van der Waals surface area (Å²) in [5, 5.41) is 7.53. The van der Waals surface area contributed by atoms with Gasteiger partial charge in [-0.2, -0.15) is 0 Å². The van der Waals surface area contributed by atoms with Crippen LogP contribution in [0.1, 0.15) is 102 Å². The number of halogens is 1. The number of nitrogens with one attached hydrogen (secondary N) is 2. The molecule has 1 saturated heterocycles. The largest absolute Gasteiger partial charge is 0.493 e. The molecule has 5 aromatic carbocycles. The Bertz CT molecular complexity index is 3530. The number of rotatable bonds is 11. The van der Waals surface area contributed by atoms with Gasteiger partial charge in [0.15, 0.2) is 18.1 Å². The van der Waals surface area contributed by atoms with Gasteiger partial charge in [-0.3, -0.25) is 33.6 Å².